The van der Waals surface area contributed by atoms with Crippen molar-refractivity contribution in [3.05, 3.63) is 101 Å². The Bertz CT molecular complexity index is 1230. The highest BCUT2D eigenvalue weighted by Crippen LogP contribution is 2.43. The highest BCUT2D eigenvalue weighted by molar-refractivity contribution is 6.08. The number of hydrogen-bond donors (Lipinski definition) is 1. The molecule has 6 heteroatoms. The maximum atomic E-state index is 14.2. The van der Waals surface area contributed by atoms with Crippen LogP contribution in [0.2, 0.25) is 0 Å². The Labute approximate surface area is 213 Å². The topological polar surface area (TPSA) is 67.9 Å². The Morgan fingerprint density at radius 3 is 2.28 bits per heavy atom. The summed E-state index contributed by atoms with van der Waals surface area (Å²) in [4.78, 5) is 28.9. The second kappa shape index (κ2) is 10.2. The van der Waals surface area contributed by atoms with Crippen LogP contribution >= 0.6 is 0 Å². The predicted molar refractivity (Wildman–Crippen MR) is 140 cm³/mol. The molecule has 1 N–H and O–H groups in total. The van der Waals surface area contributed by atoms with Crippen LogP contribution in [0.25, 0.3) is 0 Å². The largest absolute Gasteiger partial charge is 0.444 e. The van der Waals surface area contributed by atoms with E-state index in [9.17, 15) is 9.59 Å². The van der Waals surface area contributed by atoms with Crippen LogP contribution in [0.1, 0.15) is 62.8 Å². The molecule has 0 fully saturated rings. The van der Waals surface area contributed by atoms with Crippen molar-refractivity contribution in [2.24, 2.45) is 0 Å². The summed E-state index contributed by atoms with van der Waals surface area (Å²) >= 11 is 0. The lowest BCUT2D eigenvalue weighted by atomic mass is 9.97. The third-order valence-electron chi connectivity index (χ3n) is 6.10. The number of para-hydroxylation sites is 1. The molecule has 3 aromatic carbocycles. The molecule has 0 aromatic heterocycles. The number of carbonyl (C=O) groups is 2. The highest BCUT2D eigenvalue weighted by Gasteiger charge is 2.54. The molecule has 0 bridgehead atoms. The second-order valence-corrected chi connectivity index (χ2v) is 10.3. The van der Waals surface area contributed by atoms with Gasteiger partial charge < -0.3 is 14.4 Å². The van der Waals surface area contributed by atoms with E-state index in [2.05, 4.69) is 25.2 Å². The molecule has 1 aliphatic heterocycles. The van der Waals surface area contributed by atoms with Gasteiger partial charge in [-0.05, 0) is 49.4 Å². The minimum Gasteiger partial charge on any atom is -0.444 e. The molecule has 0 spiro atoms. The normalized spacial score (nSPS) is 17.3. The number of nitrogens with zero attached hydrogens (tertiary/aromatic N) is 1. The Hall–Kier alpha value is -3.64. The Morgan fingerprint density at radius 2 is 1.58 bits per heavy atom. The van der Waals surface area contributed by atoms with E-state index in [-0.39, 0.29) is 18.4 Å². The van der Waals surface area contributed by atoms with Gasteiger partial charge in [0.05, 0.1) is 18.8 Å². The van der Waals surface area contributed by atoms with Crippen molar-refractivity contribution in [2.45, 2.75) is 65.0 Å². The third-order valence-corrected chi connectivity index (χ3v) is 6.10. The first-order valence-electron chi connectivity index (χ1n) is 12.3. The number of hydrogen-bond acceptors (Lipinski definition) is 4. The monoisotopic (exact) mass is 486 g/mol. The fraction of sp³-hybridized carbons (Fsp3) is 0.333. The standard InChI is InChI=1S/C30H34N2O4/c1-21(2)24-16-10-9-15-23(24)20-35-30(31-28(34)36-29(3,4)5)25-17-11-12-18-26(25)32(27(30)33)19-22-13-7-6-8-14-22/h6-18,21H,19-20H2,1-5H3,(H,31,34)/t30-/m1/s1. The molecular formula is C30H34N2O4. The van der Waals surface area contributed by atoms with Crippen LogP contribution in [0.5, 0.6) is 0 Å². The van der Waals surface area contributed by atoms with Crippen LogP contribution in [-0.4, -0.2) is 17.6 Å². The summed E-state index contributed by atoms with van der Waals surface area (Å²) in [5.74, 6) is -0.0823. The number of amides is 2. The Balaban J connectivity index is 1.75. The summed E-state index contributed by atoms with van der Waals surface area (Å²) in [7, 11) is 0. The molecule has 2 amide bonds. The van der Waals surface area contributed by atoms with E-state index in [0.717, 1.165) is 16.7 Å². The molecule has 0 saturated carbocycles. The number of rotatable bonds is 7. The van der Waals surface area contributed by atoms with Crippen LogP contribution in [-0.2, 0) is 33.1 Å². The molecule has 0 saturated heterocycles. The number of carbonyl (C=O) groups excluding carboxylic acids is 2. The van der Waals surface area contributed by atoms with E-state index in [4.69, 9.17) is 9.47 Å². The fourth-order valence-electron chi connectivity index (χ4n) is 4.50. The van der Waals surface area contributed by atoms with E-state index in [1.54, 1.807) is 25.7 Å². The number of anilines is 1. The zero-order valence-corrected chi connectivity index (χ0v) is 21.6. The molecule has 6 nitrogen and oxygen atoms in total. The number of nitrogens with one attached hydrogen (secondary N) is 1. The van der Waals surface area contributed by atoms with Crippen molar-refractivity contribution >= 4 is 17.7 Å². The van der Waals surface area contributed by atoms with Gasteiger partial charge in [0.15, 0.2) is 0 Å². The molecule has 36 heavy (non-hydrogen) atoms. The predicted octanol–water partition coefficient (Wildman–Crippen LogP) is 6.25. The van der Waals surface area contributed by atoms with Crippen LogP contribution in [0.4, 0.5) is 10.5 Å². The van der Waals surface area contributed by atoms with Crippen LogP contribution in [0.3, 0.4) is 0 Å². The van der Waals surface area contributed by atoms with Gasteiger partial charge in [-0.2, -0.15) is 0 Å². The summed E-state index contributed by atoms with van der Waals surface area (Å²) in [6.07, 6.45) is -0.718. The van der Waals surface area contributed by atoms with Crippen molar-refractivity contribution in [1.82, 2.24) is 5.32 Å². The summed E-state index contributed by atoms with van der Waals surface area (Å²) in [5.41, 5.74) is 1.88. The van der Waals surface area contributed by atoms with Gasteiger partial charge in [-0.15, -0.1) is 0 Å². The van der Waals surface area contributed by atoms with Gasteiger partial charge >= 0.3 is 6.09 Å². The van der Waals surface area contributed by atoms with Crippen molar-refractivity contribution in [3.63, 3.8) is 0 Å². The molecule has 3 aromatic rings. The number of ether oxygens (including phenoxy) is 2. The molecule has 1 atom stereocenters. The van der Waals surface area contributed by atoms with Crippen LogP contribution in [0.15, 0.2) is 78.9 Å². The summed E-state index contributed by atoms with van der Waals surface area (Å²) in [6.45, 7) is 10.1. The first-order valence-corrected chi connectivity index (χ1v) is 12.3. The Morgan fingerprint density at radius 1 is 0.944 bits per heavy atom. The number of alkyl carbamates (subject to hydrolysis) is 1. The van der Waals surface area contributed by atoms with Crippen molar-refractivity contribution < 1.29 is 19.1 Å². The lowest BCUT2D eigenvalue weighted by molar-refractivity contribution is -0.151. The number of fused-ring (bicyclic) bond motifs is 1. The quantitative estimate of drug-likeness (QED) is 0.401. The van der Waals surface area contributed by atoms with Crippen LogP contribution in [0, 0.1) is 0 Å². The summed E-state index contributed by atoms with van der Waals surface area (Å²) < 4.78 is 12.0. The van der Waals surface area contributed by atoms with E-state index < -0.39 is 17.4 Å². The van der Waals surface area contributed by atoms with Gasteiger partial charge in [0.2, 0.25) is 0 Å². The minimum atomic E-state index is -1.72. The fourth-order valence-corrected chi connectivity index (χ4v) is 4.50. The number of benzene rings is 3. The summed E-state index contributed by atoms with van der Waals surface area (Å²) in [6, 6.07) is 25.2. The van der Waals surface area contributed by atoms with Crippen molar-refractivity contribution in [3.8, 4) is 0 Å². The molecule has 0 radical (unpaired) electrons. The molecule has 1 aliphatic rings. The molecular weight excluding hydrogens is 452 g/mol. The Kier molecular flexibility index (Phi) is 7.18. The van der Waals surface area contributed by atoms with Gasteiger partial charge in [0.1, 0.15) is 5.60 Å². The van der Waals surface area contributed by atoms with E-state index in [1.165, 1.54) is 0 Å². The first-order chi connectivity index (χ1) is 17.1. The SMILES string of the molecule is CC(C)c1ccccc1CO[C@@]1(NC(=O)OC(C)(C)C)C(=O)N(Cc2ccccc2)c2ccccc21. The van der Waals surface area contributed by atoms with Crippen molar-refractivity contribution in [2.75, 3.05) is 4.90 Å². The van der Waals surface area contributed by atoms with Gasteiger partial charge in [-0.3, -0.25) is 10.1 Å². The van der Waals surface area contributed by atoms with E-state index in [1.807, 2.05) is 72.8 Å². The molecule has 1 heterocycles. The van der Waals surface area contributed by atoms with Gasteiger partial charge in [-0.25, -0.2) is 4.79 Å². The second-order valence-electron chi connectivity index (χ2n) is 10.3. The molecule has 0 unspecified atom stereocenters. The maximum absolute atomic E-state index is 14.2. The maximum Gasteiger partial charge on any atom is 0.410 e. The first kappa shape index (κ1) is 25.5. The van der Waals surface area contributed by atoms with Gasteiger partial charge in [0, 0.05) is 5.56 Å². The minimum absolute atomic E-state index is 0.142. The lowest BCUT2D eigenvalue weighted by Gasteiger charge is -2.31. The highest BCUT2D eigenvalue weighted by atomic mass is 16.6. The molecule has 4 rings (SSSR count). The zero-order valence-electron chi connectivity index (χ0n) is 21.6. The van der Waals surface area contributed by atoms with Crippen LogP contribution < -0.4 is 10.2 Å². The molecule has 188 valence electrons. The molecule has 0 aliphatic carbocycles. The summed E-state index contributed by atoms with van der Waals surface area (Å²) in [5, 5.41) is 2.82. The van der Waals surface area contributed by atoms with Crippen molar-refractivity contribution in [1.29, 1.82) is 0 Å². The van der Waals surface area contributed by atoms with Gasteiger partial charge in [-0.1, -0.05) is 86.6 Å². The average Bonchev–Trinajstić information content (AvgIpc) is 3.05. The van der Waals surface area contributed by atoms with Gasteiger partial charge in [0.25, 0.3) is 11.6 Å². The average molecular weight is 487 g/mol. The third kappa shape index (κ3) is 5.29. The van der Waals surface area contributed by atoms with E-state index in [0.29, 0.717) is 17.8 Å². The van der Waals surface area contributed by atoms with E-state index >= 15 is 0 Å². The lowest BCUT2D eigenvalue weighted by Crippen LogP contribution is -2.55. The smallest absolute Gasteiger partial charge is 0.410 e. The zero-order chi connectivity index (χ0) is 25.9.